The van der Waals surface area contributed by atoms with Gasteiger partial charge in [0.1, 0.15) is 0 Å². The van der Waals surface area contributed by atoms with Gasteiger partial charge in [-0.25, -0.2) is 4.79 Å². The fourth-order valence-corrected chi connectivity index (χ4v) is 1.84. The minimum absolute atomic E-state index is 0.0113. The van der Waals surface area contributed by atoms with Gasteiger partial charge in [-0.15, -0.1) is 0 Å². The number of carbonyl (C=O) groups excluding carboxylic acids is 3. The van der Waals surface area contributed by atoms with E-state index < -0.39 is 18.0 Å². The van der Waals surface area contributed by atoms with Gasteiger partial charge in [-0.1, -0.05) is 30.3 Å². The van der Waals surface area contributed by atoms with Crippen LogP contribution >= 0.6 is 0 Å². The van der Waals surface area contributed by atoms with Crippen LogP contribution in [-0.2, 0) is 30.3 Å². The Hall–Kier alpha value is -3.10. The molecule has 0 spiro atoms. The van der Waals surface area contributed by atoms with Crippen molar-refractivity contribution >= 4 is 24.0 Å². The van der Waals surface area contributed by atoms with Crippen LogP contribution < -0.4 is 5.32 Å². The minimum atomic E-state index is -0.865. The van der Waals surface area contributed by atoms with Crippen molar-refractivity contribution in [1.82, 2.24) is 10.4 Å². The van der Waals surface area contributed by atoms with Gasteiger partial charge in [-0.3, -0.25) is 20.3 Å². The van der Waals surface area contributed by atoms with Gasteiger partial charge in [0, 0.05) is 13.3 Å². The van der Waals surface area contributed by atoms with Crippen LogP contribution in [0.3, 0.4) is 0 Å². The summed E-state index contributed by atoms with van der Waals surface area (Å²) in [5.41, 5.74) is 0.861. The molecular formula is C17H23N3O6. The van der Waals surface area contributed by atoms with Crippen molar-refractivity contribution in [3.05, 3.63) is 35.9 Å². The molecule has 0 fully saturated rings. The Bertz CT molecular complexity index is 620. The second-order valence-corrected chi connectivity index (χ2v) is 5.12. The van der Waals surface area contributed by atoms with E-state index in [9.17, 15) is 14.4 Å². The molecular weight excluding hydrogens is 342 g/mol. The Labute approximate surface area is 151 Å². The zero-order valence-electron chi connectivity index (χ0n) is 14.8. The third-order valence-electron chi connectivity index (χ3n) is 2.97. The maximum atomic E-state index is 11.6. The van der Waals surface area contributed by atoms with Crippen molar-refractivity contribution in [2.24, 2.45) is 0 Å². The van der Waals surface area contributed by atoms with Gasteiger partial charge in [-0.05, 0) is 12.5 Å². The average Bonchev–Trinajstić information content (AvgIpc) is 2.59. The molecule has 142 valence electrons. The largest absolute Gasteiger partial charge is 0.465 e. The SMILES string of the molecule is CCN(OC(C)=O)C(=N)NC(=O)OCCCOC(=O)Cc1ccccc1. The number of nitrogens with one attached hydrogen (secondary N) is 2. The van der Waals surface area contributed by atoms with E-state index in [1.807, 2.05) is 30.3 Å². The predicted molar refractivity (Wildman–Crippen MR) is 92.1 cm³/mol. The van der Waals surface area contributed by atoms with Crippen LogP contribution in [0.2, 0.25) is 0 Å². The molecule has 0 aromatic heterocycles. The van der Waals surface area contributed by atoms with E-state index in [2.05, 4.69) is 5.32 Å². The number of carbonyl (C=O) groups is 3. The molecule has 1 rings (SSSR count). The lowest BCUT2D eigenvalue weighted by Crippen LogP contribution is -2.44. The summed E-state index contributed by atoms with van der Waals surface area (Å²) in [6, 6.07) is 9.21. The lowest BCUT2D eigenvalue weighted by Gasteiger charge is -2.20. The number of alkyl carbamates (subject to hydrolysis) is 1. The highest BCUT2D eigenvalue weighted by atomic mass is 16.7. The first-order valence-corrected chi connectivity index (χ1v) is 8.10. The molecule has 0 heterocycles. The number of guanidine groups is 1. The quantitative estimate of drug-likeness (QED) is 0.248. The topological polar surface area (TPSA) is 118 Å². The van der Waals surface area contributed by atoms with Crippen LogP contribution in [0.4, 0.5) is 4.79 Å². The van der Waals surface area contributed by atoms with Crippen LogP contribution in [0.1, 0.15) is 25.8 Å². The number of nitrogens with zero attached hydrogens (tertiary/aromatic N) is 1. The molecule has 9 nitrogen and oxygen atoms in total. The highest BCUT2D eigenvalue weighted by Crippen LogP contribution is 2.01. The zero-order chi connectivity index (χ0) is 19.4. The molecule has 0 saturated carbocycles. The second-order valence-electron chi connectivity index (χ2n) is 5.12. The second kappa shape index (κ2) is 11.5. The Morgan fingerprint density at radius 1 is 1.12 bits per heavy atom. The monoisotopic (exact) mass is 365 g/mol. The molecule has 2 N–H and O–H groups in total. The number of ether oxygens (including phenoxy) is 2. The van der Waals surface area contributed by atoms with E-state index in [0.717, 1.165) is 10.6 Å². The molecule has 0 saturated heterocycles. The van der Waals surface area contributed by atoms with Crippen LogP contribution in [-0.4, -0.2) is 48.8 Å². The predicted octanol–water partition coefficient (Wildman–Crippen LogP) is 1.62. The molecule has 1 aromatic rings. The molecule has 0 aliphatic rings. The van der Waals surface area contributed by atoms with Crippen LogP contribution in [0.5, 0.6) is 0 Å². The van der Waals surface area contributed by atoms with Crippen molar-refractivity contribution in [2.75, 3.05) is 19.8 Å². The number of amides is 1. The van der Waals surface area contributed by atoms with Gasteiger partial charge in [0.05, 0.1) is 26.2 Å². The molecule has 0 aliphatic heterocycles. The Balaban J connectivity index is 2.16. The van der Waals surface area contributed by atoms with Gasteiger partial charge < -0.3 is 14.3 Å². The summed E-state index contributed by atoms with van der Waals surface area (Å²) in [7, 11) is 0. The molecule has 0 bridgehead atoms. The molecule has 0 atom stereocenters. The highest BCUT2D eigenvalue weighted by molar-refractivity contribution is 5.92. The first kappa shape index (κ1) is 20.9. The van der Waals surface area contributed by atoms with Crippen LogP contribution in [0, 0.1) is 5.41 Å². The van der Waals surface area contributed by atoms with E-state index >= 15 is 0 Å². The van der Waals surface area contributed by atoms with Crippen LogP contribution in [0.25, 0.3) is 0 Å². The number of benzene rings is 1. The van der Waals surface area contributed by atoms with Crippen molar-refractivity contribution < 1.29 is 28.7 Å². The number of hydrogen-bond donors (Lipinski definition) is 2. The summed E-state index contributed by atoms with van der Waals surface area (Å²) in [4.78, 5) is 38.8. The number of hydrogen-bond acceptors (Lipinski definition) is 7. The lowest BCUT2D eigenvalue weighted by molar-refractivity contribution is -0.170. The molecule has 1 aromatic carbocycles. The van der Waals surface area contributed by atoms with Gasteiger partial charge in [0.15, 0.2) is 0 Å². The first-order chi connectivity index (χ1) is 12.4. The Morgan fingerprint density at radius 2 is 1.77 bits per heavy atom. The molecule has 9 heteroatoms. The standard InChI is InChI=1S/C17H23N3O6/c1-3-20(26-13(2)21)16(18)19-17(23)25-11-7-10-24-15(22)12-14-8-5-4-6-9-14/h4-6,8-9H,3,7,10-12H2,1-2H3,(H2,18,19,23). The van der Waals surface area contributed by atoms with Crippen molar-refractivity contribution in [3.8, 4) is 0 Å². The summed E-state index contributed by atoms with van der Waals surface area (Å²) in [5, 5.41) is 10.7. The zero-order valence-corrected chi connectivity index (χ0v) is 14.8. The molecule has 0 radical (unpaired) electrons. The minimum Gasteiger partial charge on any atom is -0.465 e. The van der Waals surface area contributed by atoms with E-state index in [1.165, 1.54) is 6.92 Å². The Morgan fingerprint density at radius 3 is 2.38 bits per heavy atom. The number of hydroxylamine groups is 2. The maximum absolute atomic E-state index is 11.6. The molecule has 1 amide bonds. The van der Waals surface area contributed by atoms with Crippen molar-refractivity contribution in [3.63, 3.8) is 0 Å². The van der Waals surface area contributed by atoms with Crippen molar-refractivity contribution in [2.45, 2.75) is 26.7 Å². The lowest BCUT2D eigenvalue weighted by atomic mass is 10.2. The first-order valence-electron chi connectivity index (χ1n) is 8.10. The third kappa shape index (κ3) is 8.67. The molecule has 0 unspecified atom stereocenters. The van der Waals surface area contributed by atoms with E-state index in [4.69, 9.17) is 19.7 Å². The normalized spacial score (nSPS) is 9.77. The third-order valence-corrected chi connectivity index (χ3v) is 2.97. The fourth-order valence-electron chi connectivity index (χ4n) is 1.84. The summed E-state index contributed by atoms with van der Waals surface area (Å²) in [6.45, 7) is 3.15. The van der Waals surface area contributed by atoms with Gasteiger partial charge in [0.25, 0.3) is 0 Å². The summed E-state index contributed by atoms with van der Waals surface area (Å²) in [5.74, 6) is -1.38. The number of esters is 1. The van der Waals surface area contributed by atoms with E-state index in [-0.39, 0.29) is 32.1 Å². The fraction of sp³-hybridized carbons (Fsp3) is 0.412. The molecule has 26 heavy (non-hydrogen) atoms. The van der Waals surface area contributed by atoms with Crippen molar-refractivity contribution in [1.29, 1.82) is 5.41 Å². The summed E-state index contributed by atoms with van der Waals surface area (Å²) < 4.78 is 9.91. The van der Waals surface area contributed by atoms with Gasteiger partial charge >= 0.3 is 18.0 Å². The average molecular weight is 365 g/mol. The van der Waals surface area contributed by atoms with Gasteiger partial charge in [0.2, 0.25) is 5.96 Å². The maximum Gasteiger partial charge on any atom is 0.414 e. The summed E-state index contributed by atoms with van der Waals surface area (Å²) >= 11 is 0. The molecule has 0 aliphatic carbocycles. The van der Waals surface area contributed by atoms with E-state index in [1.54, 1.807) is 6.92 Å². The summed E-state index contributed by atoms with van der Waals surface area (Å²) in [6.07, 6.45) is -0.360. The smallest absolute Gasteiger partial charge is 0.414 e. The van der Waals surface area contributed by atoms with Gasteiger partial charge in [-0.2, -0.15) is 5.06 Å². The number of rotatable bonds is 7. The van der Waals surface area contributed by atoms with Crippen LogP contribution in [0.15, 0.2) is 30.3 Å². The Kier molecular flexibility index (Phi) is 9.23. The van der Waals surface area contributed by atoms with E-state index in [0.29, 0.717) is 6.42 Å². The highest BCUT2D eigenvalue weighted by Gasteiger charge is 2.14.